The first-order chi connectivity index (χ1) is 7.49. The second kappa shape index (κ2) is 5.87. The van der Waals surface area contributed by atoms with Crippen molar-refractivity contribution in [2.24, 2.45) is 11.8 Å². The number of hydrogen-bond donors (Lipinski definition) is 1. The zero-order chi connectivity index (χ0) is 12.1. The minimum Gasteiger partial charge on any atom is -0.480 e. The highest BCUT2D eigenvalue weighted by atomic mass is 16.4. The van der Waals surface area contributed by atoms with Gasteiger partial charge in [-0.25, -0.2) is 0 Å². The molecule has 16 heavy (non-hydrogen) atoms. The maximum Gasteiger partial charge on any atom is 0.323 e. The number of amides is 1. The van der Waals surface area contributed by atoms with Crippen LogP contribution in [0.2, 0.25) is 0 Å². The average Bonchev–Trinajstić information content (AvgIpc) is 2.95. The van der Waals surface area contributed by atoms with E-state index in [0.717, 1.165) is 12.3 Å². The normalized spacial score (nSPS) is 15.2. The Hall–Kier alpha value is -1.06. The van der Waals surface area contributed by atoms with E-state index < -0.39 is 5.97 Å². The maximum atomic E-state index is 11.8. The predicted octanol–water partition coefficient (Wildman–Crippen LogP) is 1.75. The highest BCUT2D eigenvalue weighted by molar-refractivity contribution is 5.81. The first kappa shape index (κ1) is 13.0. The highest BCUT2D eigenvalue weighted by Gasteiger charge is 2.24. The van der Waals surface area contributed by atoms with Crippen LogP contribution in [-0.4, -0.2) is 35.0 Å². The average molecular weight is 227 g/mol. The minimum absolute atomic E-state index is 0.0111. The summed E-state index contributed by atoms with van der Waals surface area (Å²) in [5.74, 6) is 0.0855. The van der Waals surface area contributed by atoms with Gasteiger partial charge in [0, 0.05) is 13.0 Å². The van der Waals surface area contributed by atoms with E-state index in [2.05, 4.69) is 0 Å². The van der Waals surface area contributed by atoms with Gasteiger partial charge < -0.3 is 10.0 Å². The molecule has 0 bridgehead atoms. The Bertz CT molecular complexity index is 259. The zero-order valence-electron chi connectivity index (χ0n) is 10.1. The molecule has 0 aromatic carbocycles. The smallest absolute Gasteiger partial charge is 0.323 e. The van der Waals surface area contributed by atoms with Crippen LogP contribution in [0.4, 0.5) is 0 Å². The van der Waals surface area contributed by atoms with Gasteiger partial charge in [0.2, 0.25) is 5.91 Å². The van der Waals surface area contributed by atoms with Crippen LogP contribution >= 0.6 is 0 Å². The lowest BCUT2D eigenvalue weighted by molar-refractivity contribution is -0.144. The quantitative estimate of drug-likeness (QED) is 0.720. The summed E-state index contributed by atoms with van der Waals surface area (Å²) >= 11 is 0. The van der Waals surface area contributed by atoms with E-state index in [1.165, 1.54) is 17.7 Å². The molecule has 4 nitrogen and oxygen atoms in total. The molecule has 0 spiro atoms. The number of rotatable bonds is 7. The molecule has 0 aromatic rings. The fourth-order valence-corrected chi connectivity index (χ4v) is 1.75. The van der Waals surface area contributed by atoms with Crippen molar-refractivity contribution in [2.45, 2.75) is 39.5 Å². The molecule has 92 valence electrons. The third-order valence-corrected chi connectivity index (χ3v) is 2.73. The number of nitrogens with zero attached hydrogens (tertiary/aromatic N) is 1. The molecule has 0 atom stereocenters. The summed E-state index contributed by atoms with van der Waals surface area (Å²) in [7, 11) is 0. The van der Waals surface area contributed by atoms with Gasteiger partial charge >= 0.3 is 5.97 Å². The van der Waals surface area contributed by atoms with E-state index in [0.29, 0.717) is 18.9 Å². The van der Waals surface area contributed by atoms with Crippen LogP contribution < -0.4 is 0 Å². The van der Waals surface area contributed by atoms with Crippen LogP contribution in [0.5, 0.6) is 0 Å². The molecule has 1 aliphatic carbocycles. The summed E-state index contributed by atoms with van der Waals surface area (Å²) in [5, 5.41) is 8.74. The fourth-order valence-electron chi connectivity index (χ4n) is 1.75. The Labute approximate surface area is 96.6 Å². The molecule has 0 aromatic heterocycles. The van der Waals surface area contributed by atoms with Crippen molar-refractivity contribution in [2.75, 3.05) is 13.1 Å². The Morgan fingerprint density at radius 3 is 2.44 bits per heavy atom. The molecular weight excluding hydrogens is 206 g/mol. The summed E-state index contributed by atoms with van der Waals surface area (Å²) in [5.41, 5.74) is 0. The SMILES string of the molecule is CC(C)CN(CC(=O)O)C(=O)CCC1CC1. The lowest BCUT2D eigenvalue weighted by atomic mass is 10.1. The molecule has 1 N–H and O–H groups in total. The second-order valence-corrected chi connectivity index (χ2v) is 5.04. The topological polar surface area (TPSA) is 57.6 Å². The number of hydrogen-bond acceptors (Lipinski definition) is 2. The van der Waals surface area contributed by atoms with Gasteiger partial charge in [0.1, 0.15) is 6.54 Å². The third kappa shape index (κ3) is 5.14. The van der Waals surface area contributed by atoms with Gasteiger partial charge in [-0.15, -0.1) is 0 Å². The molecule has 1 saturated carbocycles. The number of carbonyl (C=O) groups is 2. The van der Waals surface area contributed by atoms with Crippen LogP contribution in [-0.2, 0) is 9.59 Å². The zero-order valence-corrected chi connectivity index (χ0v) is 10.1. The summed E-state index contributed by atoms with van der Waals surface area (Å²) in [6.45, 7) is 4.35. The van der Waals surface area contributed by atoms with Crippen molar-refractivity contribution in [3.8, 4) is 0 Å². The molecule has 0 saturated heterocycles. The molecule has 1 rings (SSSR count). The molecule has 0 aliphatic heterocycles. The van der Waals surface area contributed by atoms with Gasteiger partial charge in [0.15, 0.2) is 0 Å². The van der Waals surface area contributed by atoms with Gasteiger partial charge in [-0.1, -0.05) is 26.7 Å². The van der Waals surface area contributed by atoms with E-state index in [-0.39, 0.29) is 12.5 Å². The van der Waals surface area contributed by atoms with Crippen molar-refractivity contribution in [1.29, 1.82) is 0 Å². The summed E-state index contributed by atoms with van der Waals surface area (Å²) < 4.78 is 0. The molecular formula is C12H21NO3. The van der Waals surface area contributed by atoms with Crippen LogP contribution in [0.3, 0.4) is 0 Å². The highest BCUT2D eigenvalue weighted by Crippen LogP contribution is 2.33. The van der Waals surface area contributed by atoms with Crippen molar-refractivity contribution >= 4 is 11.9 Å². The Morgan fingerprint density at radius 2 is 2.00 bits per heavy atom. The molecule has 1 fully saturated rings. The molecule has 0 heterocycles. The van der Waals surface area contributed by atoms with Crippen molar-refractivity contribution in [3.63, 3.8) is 0 Å². The number of carboxylic acid groups (broad SMARTS) is 1. The summed E-state index contributed by atoms with van der Waals surface area (Å²) in [6, 6.07) is 0. The Kier molecular flexibility index (Phi) is 4.77. The van der Waals surface area contributed by atoms with Gasteiger partial charge in [-0.3, -0.25) is 9.59 Å². The lowest BCUT2D eigenvalue weighted by Crippen LogP contribution is -2.38. The van der Waals surface area contributed by atoms with Crippen molar-refractivity contribution in [3.05, 3.63) is 0 Å². The van der Waals surface area contributed by atoms with Crippen molar-refractivity contribution in [1.82, 2.24) is 4.90 Å². The standard InChI is InChI=1S/C12H21NO3/c1-9(2)7-13(8-12(15)16)11(14)6-5-10-3-4-10/h9-10H,3-8H2,1-2H3,(H,15,16). The Balaban J connectivity index is 2.37. The predicted molar refractivity (Wildman–Crippen MR) is 61.0 cm³/mol. The number of aliphatic carboxylic acids is 1. The van der Waals surface area contributed by atoms with E-state index in [1.807, 2.05) is 13.8 Å². The van der Waals surface area contributed by atoms with Crippen LogP contribution in [0.15, 0.2) is 0 Å². The van der Waals surface area contributed by atoms with Gasteiger partial charge in [0.25, 0.3) is 0 Å². The maximum absolute atomic E-state index is 11.8. The van der Waals surface area contributed by atoms with E-state index in [9.17, 15) is 9.59 Å². The fraction of sp³-hybridized carbons (Fsp3) is 0.833. The number of carboxylic acids is 1. The summed E-state index contributed by atoms with van der Waals surface area (Å²) in [6.07, 6.45) is 3.89. The second-order valence-electron chi connectivity index (χ2n) is 5.04. The van der Waals surface area contributed by atoms with Gasteiger partial charge in [0.05, 0.1) is 0 Å². The van der Waals surface area contributed by atoms with Crippen LogP contribution in [0.1, 0.15) is 39.5 Å². The number of carbonyl (C=O) groups excluding carboxylic acids is 1. The molecule has 0 radical (unpaired) electrons. The third-order valence-electron chi connectivity index (χ3n) is 2.73. The van der Waals surface area contributed by atoms with E-state index in [1.54, 1.807) is 0 Å². The van der Waals surface area contributed by atoms with E-state index >= 15 is 0 Å². The lowest BCUT2D eigenvalue weighted by Gasteiger charge is -2.22. The minimum atomic E-state index is -0.930. The van der Waals surface area contributed by atoms with Gasteiger partial charge in [-0.05, 0) is 18.3 Å². The van der Waals surface area contributed by atoms with Crippen molar-refractivity contribution < 1.29 is 14.7 Å². The summed E-state index contributed by atoms with van der Waals surface area (Å²) in [4.78, 5) is 23.9. The van der Waals surface area contributed by atoms with Crippen LogP contribution in [0, 0.1) is 11.8 Å². The molecule has 4 heteroatoms. The van der Waals surface area contributed by atoms with Crippen LogP contribution in [0.25, 0.3) is 0 Å². The monoisotopic (exact) mass is 227 g/mol. The largest absolute Gasteiger partial charge is 0.480 e. The molecule has 0 unspecified atom stereocenters. The van der Waals surface area contributed by atoms with Gasteiger partial charge in [-0.2, -0.15) is 0 Å². The first-order valence-electron chi connectivity index (χ1n) is 5.98. The Morgan fingerprint density at radius 1 is 1.38 bits per heavy atom. The molecule has 1 aliphatic rings. The molecule has 1 amide bonds. The van der Waals surface area contributed by atoms with E-state index in [4.69, 9.17) is 5.11 Å². The first-order valence-corrected chi connectivity index (χ1v) is 5.98.